The van der Waals surface area contributed by atoms with Crippen molar-refractivity contribution < 1.29 is 9.90 Å². The van der Waals surface area contributed by atoms with Crippen LogP contribution in [0.2, 0.25) is 0 Å². The Labute approximate surface area is 75.9 Å². The van der Waals surface area contributed by atoms with Crippen molar-refractivity contribution in [2.24, 2.45) is 5.41 Å². The highest BCUT2D eigenvalue weighted by Gasteiger charge is 2.48. The third-order valence-corrected chi connectivity index (χ3v) is 4.18. The van der Waals surface area contributed by atoms with E-state index in [1.807, 2.05) is 11.8 Å². The van der Waals surface area contributed by atoms with Gasteiger partial charge in [-0.15, -0.1) is 0 Å². The van der Waals surface area contributed by atoms with Crippen molar-refractivity contribution in [2.75, 3.05) is 18.1 Å². The van der Waals surface area contributed by atoms with Crippen molar-refractivity contribution in [1.82, 2.24) is 5.32 Å². The highest BCUT2D eigenvalue weighted by molar-refractivity contribution is 7.99. The van der Waals surface area contributed by atoms with Crippen LogP contribution < -0.4 is 5.32 Å². The molecule has 0 aromatic carbocycles. The molecule has 0 bridgehead atoms. The van der Waals surface area contributed by atoms with Gasteiger partial charge in [-0.25, -0.2) is 0 Å². The molecule has 68 valence electrons. The van der Waals surface area contributed by atoms with Crippen LogP contribution >= 0.6 is 11.8 Å². The summed E-state index contributed by atoms with van der Waals surface area (Å²) in [6, 6.07) is 0.0139. The molecule has 12 heavy (non-hydrogen) atoms. The lowest BCUT2D eigenvalue weighted by atomic mass is 9.80. The summed E-state index contributed by atoms with van der Waals surface area (Å²) in [5, 5.41) is 11.9. The first-order chi connectivity index (χ1) is 5.77. The Morgan fingerprint density at radius 1 is 1.75 bits per heavy atom. The van der Waals surface area contributed by atoms with Crippen LogP contribution in [0.15, 0.2) is 0 Å². The number of carbonyl (C=O) groups excluding carboxylic acids is 1. The van der Waals surface area contributed by atoms with Crippen LogP contribution in [0.25, 0.3) is 0 Å². The molecule has 4 heteroatoms. The van der Waals surface area contributed by atoms with Gasteiger partial charge < -0.3 is 10.4 Å². The molecule has 2 fully saturated rings. The van der Waals surface area contributed by atoms with Gasteiger partial charge in [0, 0.05) is 17.6 Å². The van der Waals surface area contributed by atoms with Gasteiger partial charge in [0.25, 0.3) is 0 Å². The summed E-state index contributed by atoms with van der Waals surface area (Å²) in [4.78, 5) is 11.1. The van der Waals surface area contributed by atoms with E-state index in [4.69, 9.17) is 5.11 Å². The first-order valence-corrected chi connectivity index (χ1v) is 5.40. The van der Waals surface area contributed by atoms with E-state index in [-0.39, 0.29) is 24.0 Å². The third-order valence-electron chi connectivity index (χ3n) is 2.90. The molecule has 2 heterocycles. The summed E-state index contributed by atoms with van der Waals surface area (Å²) < 4.78 is 0. The molecular weight excluding hydrogens is 174 g/mol. The largest absolute Gasteiger partial charge is 0.394 e. The zero-order valence-corrected chi connectivity index (χ0v) is 7.69. The molecule has 2 unspecified atom stereocenters. The number of aliphatic hydroxyl groups is 1. The highest BCUT2D eigenvalue weighted by Crippen LogP contribution is 2.44. The summed E-state index contributed by atoms with van der Waals surface area (Å²) >= 11 is 1.89. The van der Waals surface area contributed by atoms with Gasteiger partial charge in [-0.1, -0.05) is 0 Å². The molecule has 2 saturated heterocycles. The van der Waals surface area contributed by atoms with Crippen LogP contribution in [0, 0.1) is 5.41 Å². The van der Waals surface area contributed by atoms with Gasteiger partial charge in [-0.3, -0.25) is 4.79 Å². The normalized spacial score (nSPS) is 40.8. The second-order valence-corrected chi connectivity index (χ2v) is 4.75. The maximum Gasteiger partial charge on any atom is 0.220 e. The smallest absolute Gasteiger partial charge is 0.220 e. The molecule has 2 aliphatic heterocycles. The molecule has 0 radical (unpaired) electrons. The fourth-order valence-electron chi connectivity index (χ4n) is 2.12. The maximum atomic E-state index is 11.1. The molecule has 1 amide bonds. The minimum Gasteiger partial charge on any atom is -0.394 e. The van der Waals surface area contributed by atoms with Gasteiger partial charge >= 0.3 is 0 Å². The molecule has 0 saturated carbocycles. The van der Waals surface area contributed by atoms with E-state index in [9.17, 15) is 4.79 Å². The lowest BCUT2D eigenvalue weighted by molar-refractivity contribution is -0.119. The maximum absolute atomic E-state index is 11.1. The standard InChI is InChI=1S/C8H13NO2S/c10-4-6-8(1-2-12-5-8)3-7(11)9-6/h6,10H,1-5H2,(H,9,11). The topological polar surface area (TPSA) is 49.3 Å². The summed E-state index contributed by atoms with van der Waals surface area (Å²) in [5.74, 6) is 2.26. The molecular formula is C8H13NO2S. The highest BCUT2D eigenvalue weighted by atomic mass is 32.2. The number of thioether (sulfide) groups is 1. The lowest BCUT2D eigenvalue weighted by Crippen LogP contribution is -2.40. The number of nitrogens with one attached hydrogen (secondary N) is 1. The molecule has 2 N–H and O–H groups in total. The molecule has 0 aromatic rings. The van der Waals surface area contributed by atoms with Crippen molar-refractivity contribution in [3.8, 4) is 0 Å². The fraction of sp³-hybridized carbons (Fsp3) is 0.875. The summed E-state index contributed by atoms with van der Waals surface area (Å²) in [6.07, 6.45) is 1.69. The Hall–Kier alpha value is -0.220. The molecule has 2 atom stereocenters. The average Bonchev–Trinajstić information content (AvgIpc) is 2.60. The molecule has 2 rings (SSSR count). The van der Waals surface area contributed by atoms with Crippen LogP contribution in [0.1, 0.15) is 12.8 Å². The van der Waals surface area contributed by atoms with Crippen LogP contribution in [0.5, 0.6) is 0 Å². The van der Waals surface area contributed by atoms with Crippen molar-refractivity contribution >= 4 is 17.7 Å². The van der Waals surface area contributed by atoms with Crippen LogP contribution in [-0.4, -0.2) is 35.2 Å². The van der Waals surface area contributed by atoms with E-state index < -0.39 is 0 Å². The van der Waals surface area contributed by atoms with Crippen LogP contribution in [0.3, 0.4) is 0 Å². The van der Waals surface area contributed by atoms with E-state index in [1.165, 1.54) is 0 Å². The Bertz CT molecular complexity index is 201. The van der Waals surface area contributed by atoms with E-state index in [1.54, 1.807) is 0 Å². The first-order valence-electron chi connectivity index (χ1n) is 4.25. The number of hydrogen-bond donors (Lipinski definition) is 2. The minimum atomic E-state index is 0.0139. The monoisotopic (exact) mass is 187 g/mol. The number of aliphatic hydroxyl groups excluding tert-OH is 1. The van der Waals surface area contributed by atoms with Crippen molar-refractivity contribution in [3.05, 3.63) is 0 Å². The quantitative estimate of drug-likeness (QED) is 0.607. The van der Waals surface area contributed by atoms with Crippen LogP contribution in [0.4, 0.5) is 0 Å². The van der Waals surface area contributed by atoms with Gasteiger partial charge in [0.05, 0.1) is 12.6 Å². The van der Waals surface area contributed by atoms with E-state index in [2.05, 4.69) is 5.32 Å². The third kappa shape index (κ3) is 1.13. The lowest BCUT2D eigenvalue weighted by Gasteiger charge is -2.26. The van der Waals surface area contributed by atoms with Gasteiger partial charge in [0.15, 0.2) is 0 Å². The molecule has 0 aromatic heterocycles. The predicted molar refractivity (Wildman–Crippen MR) is 48.0 cm³/mol. The second kappa shape index (κ2) is 2.92. The Morgan fingerprint density at radius 2 is 2.58 bits per heavy atom. The number of rotatable bonds is 1. The zero-order valence-electron chi connectivity index (χ0n) is 6.88. The number of amides is 1. The Kier molecular flexibility index (Phi) is 2.04. The summed E-state index contributed by atoms with van der Waals surface area (Å²) in [5.41, 5.74) is 0.0799. The second-order valence-electron chi connectivity index (χ2n) is 3.64. The Morgan fingerprint density at radius 3 is 3.17 bits per heavy atom. The average molecular weight is 187 g/mol. The van der Waals surface area contributed by atoms with E-state index in [0.717, 1.165) is 17.9 Å². The van der Waals surface area contributed by atoms with Crippen molar-refractivity contribution in [1.29, 1.82) is 0 Å². The van der Waals surface area contributed by atoms with E-state index >= 15 is 0 Å². The SMILES string of the molecule is O=C1CC2(CCSC2)C(CO)N1. The van der Waals surface area contributed by atoms with Crippen LogP contribution in [-0.2, 0) is 4.79 Å². The van der Waals surface area contributed by atoms with Gasteiger partial charge in [0.1, 0.15) is 0 Å². The predicted octanol–water partition coefficient (Wildman–Crippen LogP) is -0.00950. The number of carbonyl (C=O) groups is 1. The van der Waals surface area contributed by atoms with Gasteiger partial charge in [-0.05, 0) is 12.2 Å². The minimum absolute atomic E-state index is 0.0139. The summed E-state index contributed by atoms with van der Waals surface area (Å²) in [7, 11) is 0. The molecule has 0 aliphatic carbocycles. The van der Waals surface area contributed by atoms with Gasteiger partial charge in [0.2, 0.25) is 5.91 Å². The zero-order chi connectivity index (χ0) is 8.60. The van der Waals surface area contributed by atoms with Crippen molar-refractivity contribution in [2.45, 2.75) is 18.9 Å². The van der Waals surface area contributed by atoms with Gasteiger partial charge in [-0.2, -0.15) is 11.8 Å². The fourth-order valence-corrected chi connectivity index (χ4v) is 3.67. The molecule has 1 spiro atoms. The Balaban J connectivity index is 2.16. The van der Waals surface area contributed by atoms with E-state index in [0.29, 0.717) is 6.42 Å². The number of hydrogen-bond acceptors (Lipinski definition) is 3. The van der Waals surface area contributed by atoms with Crippen molar-refractivity contribution in [3.63, 3.8) is 0 Å². The molecule has 2 aliphatic rings. The summed E-state index contributed by atoms with van der Waals surface area (Å²) in [6.45, 7) is 0.0896. The first kappa shape index (κ1) is 8.38. The molecule has 3 nitrogen and oxygen atoms in total.